The third kappa shape index (κ3) is 4.77. The molecule has 33 heavy (non-hydrogen) atoms. The van der Waals surface area contributed by atoms with Gasteiger partial charge in [0.25, 0.3) is 5.91 Å². The molecule has 2 heterocycles. The number of piperidine rings is 1. The Bertz CT molecular complexity index is 1030. The number of carbonyl (C=O) groups is 2. The zero-order valence-corrected chi connectivity index (χ0v) is 21.2. The van der Waals surface area contributed by atoms with E-state index in [-0.39, 0.29) is 22.2 Å². The maximum atomic E-state index is 13.4. The van der Waals surface area contributed by atoms with Crippen LogP contribution in [-0.2, 0) is 5.41 Å². The lowest BCUT2D eigenvalue weighted by molar-refractivity contribution is 0.0585. The Hall–Kier alpha value is -2.47. The van der Waals surface area contributed by atoms with Crippen LogP contribution in [0, 0.1) is 13.8 Å². The number of nitrogens with zero attached hydrogens (tertiary/aromatic N) is 2. The highest BCUT2D eigenvalue weighted by Crippen LogP contribution is 2.44. The van der Waals surface area contributed by atoms with Gasteiger partial charge in [-0.1, -0.05) is 45.0 Å². The van der Waals surface area contributed by atoms with Crippen molar-refractivity contribution in [3.05, 3.63) is 64.7 Å². The summed E-state index contributed by atoms with van der Waals surface area (Å²) in [5, 5.41) is 3.08. The largest absolute Gasteiger partial charge is 0.324 e. The topological polar surface area (TPSA) is 52.7 Å². The van der Waals surface area contributed by atoms with Gasteiger partial charge in [0.2, 0.25) is 0 Å². The second-order valence-corrected chi connectivity index (χ2v) is 11.7. The molecular formula is C27H35N3O2S. The van der Waals surface area contributed by atoms with E-state index in [1.54, 1.807) is 0 Å². The van der Waals surface area contributed by atoms with Crippen LogP contribution in [0.15, 0.2) is 42.5 Å². The standard InChI is InChI=1S/C27H35N3O2S/c1-19-7-6-8-23(20(19)2)28-25(32)29-15-13-27(14-16-29)30(17-18-33-27)24(31)21-9-11-22(12-10-21)26(3,4)5/h6-12H,13-18H2,1-5H3,(H,28,32). The Morgan fingerprint density at radius 2 is 1.64 bits per heavy atom. The molecule has 0 aliphatic carbocycles. The molecule has 2 aliphatic heterocycles. The van der Waals surface area contributed by atoms with E-state index in [1.807, 2.05) is 47.9 Å². The fourth-order valence-electron chi connectivity index (χ4n) is 4.72. The highest BCUT2D eigenvalue weighted by Gasteiger charge is 2.47. The van der Waals surface area contributed by atoms with Gasteiger partial charge in [0.05, 0.1) is 4.87 Å². The van der Waals surface area contributed by atoms with Crippen molar-refractivity contribution in [1.29, 1.82) is 0 Å². The van der Waals surface area contributed by atoms with Gasteiger partial charge in [-0.25, -0.2) is 4.79 Å². The van der Waals surface area contributed by atoms with Gasteiger partial charge in [0.15, 0.2) is 0 Å². The van der Waals surface area contributed by atoms with Crippen LogP contribution in [-0.4, -0.2) is 52.0 Å². The van der Waals surface area contributed by atoms with Crippen molar-refractivity contribution in [2.24, 2.45) is 0 Å². The lowest BCUT2D eigenvalue weighted by Crippen LogP contribution is -2.54. The molecule has 3 amide bonds. The predicted octanol–water partition coefficient (Wildman–Crippen LogP) is 5.81. The molecule has 1 N–H and O–H groups in total. The molecule has 2 aromatic carbocycles. The Morgan fingerprint density at radius 1 is 0.970 bits per heavy atom. The van der Waals surface area contributed by atoms with E-state index in [0.29, 0.717) is 13.1 Å². The van der Waals surface area contributed by atoms with Gasteiger partial charge in [-0.3, -0.25) is 4.79 Å². The van der Waals surface area contributed by atoms with Crippen LogP contribution in [0.5, 0.6) is 0 Å². The summed E-state index contributed by atoms with van der Waals surface area (Å²) in [5.74, 6) is 1.05. The Morgan fingerprint density at radius 3 is 2.27 bits per heavy atom. The first kappa shape index (κ1) is 23.7. The van der Waals surface area contributed by atoms with Crippen molar-refractivity contribution in [2.75, 3.05) is 30.7 Å². The molecule has 6 heteroatoms. The van der Waals surface area contributed by atoms with Crippen LogP contribution in [0.3, 0.4) is 0 Å². The Kier molecular flexibility index (Phi) is 6.50. The lowest BCUT2D eigenvalue weighted by atomic mass is 9.86. The molecule has 2 saturated heterocycles. The average molecular weight is 466 g/mol. The van der Waals surface area contributed by atoms with Crippen LogP contribution in [0.1, 0.15) is 60.7 Å². The minimum atomic E-state index is -0.212. The summed E-state index contributed by atoms with van der Waals surface area (Å²) in [5.41, 5.74) is 5.17. The molecule has 0 radical (unpaired) electrons. The van der Waals surface area contributed by atoms with E-state index in [0.717, 1.165) is 47.5 Å². The number of thioether (sulfide) groups is 1. The Balaban J connectivity index is 1.42. The number of carbonyl (C=O) groups excluding carboxylic acids is 2. The molecule has 5 nitrogen and oxygen atoms in total. The number of nitrogens with one attached hydrogen (secondary N) is 1. The fraction of sp³-hybridized carbons (Fsp3) is 0.481. The zero-order chi connectivity index (χ0) is 23.8. The van der Waals surface area contributed by atoms with Gasteiger partial charge in [-0.2, -0.15) is 0 Å². The number of aryl methyl sites for hydroxylation is 1. The lowest BCUT2D eigenvalue weighted by Gasteiger charge is -2.44. The molecule has 0 saturated carbocycles. The van der Waals surface area contributed by atoms with Crippen molar-refractivity contribution < 1.29 is 9.59 Å². The first-order valence-electron chi connectivity index (χ1n) is 11.8. The van der Waals surface area contributed by atoms with E-state index in [4.69, 9.17) is 0 Å². The summed E-state index contributed by atoms with van der Waals surface area (Å²) in [6.45, 7) is 12.7. The summed E-state index contributed by atoms with van der Waals surface area (Å²) in [6, 6.07) is 14.0. The molecule has 0 aromatic heterocycles. The average Bonchev–Trinajstić information content (AvgIpc) is 3.19. The Labute approximate surface area is 201 Å². The van der Waals surface area contributed by atoms with Gasteiger partial charge in [-0.15, -0.1) is 11.8 Å². The van der Waals surface area contributed by atoms with Gasteiger partial charge in [0.1, 0.15) is 0 Å². The predicted molar refractivity (Wildman–Crippen MR) is 137 cm³/mol. The molecular weight excluding hydrogens is 430 g/mol. The molecule has 176 valence electrons. The molecule has 0 unspecified atom stereocenters. The summed E-state index contributed by atoms with van der Waals surface area (Å²) < 4.78 is 0. The number of hydrogen-bond acceptors (Lipinski definition) is 3. The highest BCUT2D eigenvalue weighted by atomic mass is 32.2. The third-order valence-corrected chi connectivity index (χ3v) is 8.65. The van der Waals surface area contributed by atoms with Crippen molar-refractivity contribution in [1.82, 2.24) is 9.80 Å². The summed E-state index contributed by atoms with van der Waals surface area (Å²) in [7, 11) is 0. The smallest absolute Gasteiger partial charge is 0.321 e. The second kappa shape index (κ2) is 9.05. The third-order valence-electron chi connectivity index (χ3n) is 7.10. The van der Waals surface area contributed by atoms with E-state index in [1.165, 1.54) is 5.56 Å². The SMILES string of the molecule is Cc1cccc(NC(=O)N2CCC3(CC2)SCCN3C(=O)c2ccc(C(C)(C)C)cc2)c1C. The monoisotopic (exact) mass is 465 g/mol. The maximum absolute atomic E-state index is 13.4. The number of likely N-dealkylation sites (tertiary alicyclic amines) is 1. The zero-order valence-electron chi connectivity index (χ0n) is 20.4. The highest BCUT2D eigenvalue weighted by molar-refractivity contribution is 8.00. The van der Waals surface area contributed by atoms with Crippen LogP contribution in [0.4, 0.5) is 10.5 Å². The van der Waals surface area contributed by atoms with Crippen molar-refractivity contribution >= 4 is 29.4 Å². The summed E-state index contributed by atoms with van der Waals surface area (Å²) >= 11 is 1.87. The number of anilines is 1. The van der Waals surface area contributed by atoms with Gasteiger partial charge in [-0.05, 0) is 67.0 Å². The molecule has 0 bridgehead atoms. The second-order valence-electron chi connectivity index (χ2n) is 10.2. The normalized spacial score (nSPS) is 18.0. The van der Waals surface area contributed by atoms with Gasteiger partial charge >= 0.3 is 6.03 Å². The summed E-state index contributed by atoms with van der Waals surface area (Å²) in [6.07, 6.45) is 1.59. The number of benzene rings is 2. The maximum Gasteiger partial charge on any atom is 0.321 e. The van der Waals surface area contributed by atoms with Crippen LogP contribution in [0.25, 0.3) is 0 Å². The first-order chi connectivity index (χ1) is 15.6. The number of hydrogen-bond donors (Lipinski definition) is 1. The molecule has 2 fully saturated rings. The number of amides is 3. The quantitative estimate of drug-likeness (QED) is 0.609. The number of rotatable bonds is 2. The molecule has 4 rings (SSSR count). The molecule has 2 aliphatic rings. The van der Waals surface area contributed by atoms with E-state index in [2.05, 4.69) is 56.1 Å². The first-order valence-corrected chi connectivity index (χ1v) is 12.8. The van der Waals surface area contributed by atoms with Crippen molar-refractivity contribution in [2.45, 2.75) is 57.7 Å². The van der Waals surface area contributed by atoms with E-state index < -0.39 is 0 Å². The molecule has 2 aromatic rings. The van der Waals surface area contributed by atoms with E-state index in [9.17, 15) is 9.59 Å². The van der Waals surface area contributed by atoms with Crippen LogP contribution >= 0.6 is 11.8 Å². The minimum Gasteiger partial charge on any atom is -0.324 e. The molecule has 0 atom stereocenters. The number of urea groups is 1. The van der Waals surface area contributed by atoms with Gasteiger partial charge < -0.3 is 15.1 Å². The van der Waals surface area contributed by atoms with Gasteiger partial charge in [0, 0.05) is 36.6 Å². The minimum absolute atomic E-state index is 0.0582. The fourth-order valence-corrected chi connectivity index (χ4v) is 6.17. The summed E-state index contributed by atoms with van der Waals surface area (Å²) in [4.78, 5) is 30.1. The van der Waals surface area contributed by atoms with Crippen LogP contribution in [0.2, 0.25) is 0 Å². The van der Waals surface area contributed by atoms with Crippen molar-refractivity contribution in [3.8, 4) is 0 Å². The van der Waals surface area contributed by atoms with Crippen LogP contribution < -0.4 is 5.32 Å². The van der Waals surface area contributed by atoms with Crippen molar-refractivity contribution in [3.63, 3.8) is 0 Å². The molecule has 1 spiro atoms. The van der Waals surface area contributed by atoms with E-state index >= 15 is 0 Å².